The van der Waals surface area contributed by atoms with Gasteiger partial charge in [0.15, 0.2) is 0 Å². The molecule has 0 atom stereocenters. The van der Waals surface area contributed by atoms with E-state index in [4.69, 9.17) is 0 Å². The summed E-state index contributed by atoms with van der Waals surface area (Å²) < 4.78 is 0. The monoisotopic (exact) mass is 392 g/mol. The third-order valence-electron chi connectivity index (χ3n) is 5.48. The quantitative estimate of drug-likeness (QED) is 0.724. The number of hydrogen-bond donors (Lipinski definition) is 1. The molecule has 0 saturated heterocycles. The summed E-state index contributed by atoms with van der Waals surface area (Å²) in [6.07, 6.45) is 2.22. The van der Waals surface area contributed by atoms with E-state index in [2.05, 4.69) is 39.9 Å². The van der Waals surface area contributed by atoms with Crippen LogP contribution in [0.1, 0.15) is 68.9 Å². The Balaban J connectivity index is 1.74. The lowest BCUT2D eigenvalue weighted by atomic mass is 9.87. The summed E-state index contributed by atoms with van der Waals surface area (Å²) in [4.78, 5) is 26.9. The Hall–Kier alpha value is -2.62. The minimum absolute atomic E-state index is 0.0619. The Kier molecular flexibility index (Phi) is 6.11. The van der Waals surface area contributed by atoms with Crippen LogP contribution in [0, 0.1) is 5.92 Å². The Morgan fingerprint density at radius 2 is 1.76 bits per heavy atom. The van der Waals surface area contributed by atoms with Crippen molar-refractivity contribution in [1.82, 2.24) is 0 Å². The minimum atomic E-state index is -0.117. The fourth-order valence-electron chi connectivity index (χ4n) is 3.60. The topological polar surface area (TPSA) is 49.4 Å². The molecule has 0 bridgehead atoms. The maximum Gasteiger partial charge on any atom is 0.255 e. The number of rotatable bonds is 5. The van der Waals surface area contributed by atoms with Crippen molar-refractivity contribution in [2.24, 2.45) is 5.92 Å². The van der Waals surface area contributed by atoms with Gasteiger partial charge in [-0.1, -0.05) is 46.8 Å². The molecule has 2 aromatic carbocycles. The maximum atomic E-state index is 12.7. The highest BCUT2D eigenvalue weighted by molar-refractivity contribution is 6.04. The van der Waals surface area contributed by atoms with E-state index in [0.29, 0.717) is 17.9 Å². The van der Waals surface area contributed by atoms with Gasteiger partial charge < -0.3 is 10.2 Å². The number of hydrogen-bond acceptors (Lipinski definition) is 2. The fourth-order valence-corrected chi connectivity index (χ4v) is 3.60. The van der Waals surface area contributed by atoms with E-state index in [1.807, 2.05) is 47.4 Å². The van der Waals surface area contributed by atoms with Crippen molar-refractivity contribution in [2.75, 3.05) is 16.8 Å². The first-order valence-electron chi connectivity index (χ1n) is 10.5. The first kappa shape index (κ1) is 21.1. The number of carbonyl (C=O) groups excluding carboxylic acids is 2. The van der Waals surface area contributed by atoms with Gasteiger partial charge in [0.2, 0.25) is 5.91 Å². The van der Waals surface area contributed by atoms with E-state index >= 15 is 0 Å². The number of benzene rings is 2. The van der Waals surface area contributed by atoms with Gasteiger partial charge in [0.1, 0.15) is 0 Å². The number of fused-ring (bicyclic) bond motifs is 1. The molecule has 0 fully saturated rings. The van der Waals surface area contributed by atoms with Crippen LogP contribution < -0.4 is 10.2 Å². The van der Waals surface area contributed by atoms with Crippen molar-refractivity contribution in [3.8, 4) is 0 Å². The molecular formula is C25H32N2O2. The summed E-state index contributed by atoms with van der Waals surface area (Å²) in [7, 11) is 0. The predicted molar refractivity (Wildman–Crippen MR) is 120 cm³/mol. The van der Waals surface area contributed by atoms with Crippen LogP contribution in [0.2, 0.25) is 0 Å². The molecule has 0 unspecified atom stereocenters. The third-order valence-corrected chi connectivity index (χ3v) is 5.48. The molecule has 2 amide bonds. The van der Waals surface area contributed by atoms with E-state index in [0.717, 1.165) is 36.3 Å². The summed E-state index contributed by atoms with van der Waals surface area (Å²) in [6, 6.07) is 13.6. The van der Waals surface area contributed by atoms with E-state index in [1.165, 1.54) is 5.56 Å². The van der Waals surface area contributed by atoms with Crippen molar-refractivity contribution in [2.45, 2.75) is 59.3 Å². The van der Waals surface area contributed by atoms with Crippen molar-refractivity contribution in [3.05, 3.63) is 59.2 Å². The Labute approximate surface area is 174 Å². The number of amides is 2. The van der Waals surface area contributed by atoms with E-state index in [-0.39, 0.29) is 17.2 Å². The Bertz CT molecular complexity index is 892. The molecule has 4 nitrogen and oxygen atoms in total. The maximum absolute atomic E-state index is 12.7. The van der Waals surface area contributed by atoms with Crippen molar-refractivity contribution < 1.29 is 9.59 Å². The van der Waals surface area contributed by atoms with Gasteiger partial charge in [-0.25, -0.2) is 0 Å². The fraction of sp³-hybridized carbons (Fsp3) is 0.440. The third kappa shape index (κ3) is 5.06. The van der Waals surface area contributed by atoms with Gasteiger partial charge in [-0.3, -0.25) is 9.59 Å². The number of aryl methyl sites for hydroxylation is 1. The summed E-state index contributed by atoms with van der Waals surface area (Å²) in [6.45, 7) is 11.6. The average molecular weight is 393 g/mol. The Morgan fingerprint density at radius 3 is 2.38 bits per heavy atom. The molecule has 2 aromatic rings. The smallest absolute Gasteiger partial charge is 0.255 e. The van der Waals surface area contributed by atoms with Crippen LogP contribution in [0.25, 0.3) is 0 Å². The molecule has 154 valence electrons. The lowest BCUT2D eigenvalue weighted by molar-refractivity contribution is -0.118. The molecule has 0 spiro atoms. The highest BCUT2D eigenvalue weighted by Gasteiger charge is 2.24. The van der Waals surface area contributed by atoms with Gasteiger partial charge in [-0.15, -0.1) is 0 Å². The second-order valence-electron chi connectivity index (χ2n) is 9.35. The molecular weight excluding hydrogens is 360 g/mol. The van der Waals surface area contributed by atoms with Gasteiger partial charge in [0.05, 0.1) is 0 Å². The highest BCUT2D eigenvalue weighted by Crippen LogP contribution is 2.31. The van der Waals surface area contributed by atoms with E-state index < -0.39 is 0 Å². The van der Waals surface area contributed by atoms with Crippen LogP contribution in [-0.2, 0) is 16.6 Å². The van der Waals surface area contributed by atoms with E-state index in [9.17, 15) is 9.59 Å². The number of anilines is 2. The molecule has 0 aromatic heterocycles. The van der Waals surface area contributed by atoms with Crippen LogP contribution in [0.3, 0.4) is 0 Å². The normalized spacial score (nSPS) is 14.1. The second kappa shape index (κ2) is 8.40. The molecule has 1 heterocycles. The first-order chi connectivity index (χ1) is 13.6. The van der Waals surface area contributed by atoms with Gasteiger partial charge in [-0.2, -0.15) is 0 Å². The van der Waals surface area contributed by atoms with E-state index in [1.54, 1.807) is 0 Å². The molecule has 0 saturated carbocycles. The number of nitrogens with one attached hydrogen (secondary N) is 1. The van der Waals surface area contributed by atoms with Crippen LogP contribution in [0.4, 0.5) is 11.4 Å². The zero-order valence-electron chi connectivity index (χ0n) is 18.2. The molecule has 1 aliphatic rings. The molecule has 29 heavy (non-hydrogen) atoms. The molecule has 1 N–H and O–H groups in total. The first-order valence-corrected chi connectivity index (χ1v) is 10.5. The Morgan fingerprint density at radius 1 is 1.07 bits per heavy atom. The summed E-state index contributed by atoms with van der Waals surface area (Å²) in [5.74, 6) is 0.624. The number of nitrogens with zero attached hydrogens (tertiary/aromatic N) is 1. The zero-order chi connectivity index (χ0) is 21.2. The van der Waals surface area contributed by atoms with Crippen molar-refractivity contribution >= 4 is 23.2 Å². The molecule has 0 aliphatic carbocycles. The zero-order valence-corrected chi connectivity index (χ0v) is 18.2. The van der Waals surface area contributed by atoms with Crippen LogP contribution in [0.5, 0.6) is 0 Å². The SMILES string of the molecule is CC(C)CCN1C(=O)CCc2cc(NC(=O)c3ccc(C(C)(C)C)cc3)ccc21. The van der Waals surface area contributed by atoms with Gasteiger partial charge in [-0.05, 0) is 65.6 Å². The lowest BCUT2D eigenvalue weighted by Crippen LogP contribution is -2.36. The van der Waals surface area contributed by atoms with Crippen LogP contribution in [0.15, 0.2) is 42.5 Å². The summed E-state index contributed by atoms with van der Waals surface area (Å²) in [5.41, 5.74) is 4.78. The molecule has 4 heteroatoms. The average Bonchev–Trinajstić information content (AvgIpc) is 2.66. The minimum Gasteiger partial charge on any atom is -0.322 e. The molecule has 0 radical (unpaired) electrons. The second-order valence-corrected chi connectivity index (χ2v) is 9.35. The standard InChI is InChI=1S/C25H32N2O2/c1-17(2)14-15-27-22-12-11-21(16-19(22)8-13-23(27)28)26-24(29)18-6-9-20(10-7-18)25(3,4)5/h6-7,9-12,16-17H,8,13-15H2,1-5H3,(H,26,29). The summed E-state index contributed by atoms with van der Waals surface area (Å²) in [5, 5.41) is 3.00. The van der Waals surface area contributed by atoms with Gasteiger partial charge in [0.25, 0.3) is 5.91 Å². The lowest BCUT2D eigenvalue weighted by Gasteiger charge is -2.30. The largest absolute Gasteiger partial charge is 0.322 e. The van der Waals surface area contributed by atoms with Gasteiger partial charge in [0, 0.05) is 29.9 Å². The van der Waals surface area contributed by atoms with Crippen molar-refractivity contribution in [3.63, 3.8) is 0 Å². The van der Waals surface area contributed by atoms with Crippen molar-refractivity contribution in [1.29, 1.82) is 0 Å². The van der Waals surface area contributed by atoms with Crippen LogP contribution in [-0.4, -0.2) is 18.4 Å². The van der Waals surface area contributed by atoms with Gasteiger partial charge >= 0.3 is 0 Å². The van der Waals surface area contributed by atoms with Crippen LogP contribution >= 0.6 is 0 Å². The molecule has 1 aliphatic heterocycles. The summed E-state index contributed by atoms with van der Waals surface area (Å²) >= 11 is 0. The molecule has 3 rings (SSSR count). The highest BCUT2D eigenvalue weighted by atomic mass is 16.2. The number of carbonyl (C=O) groups is 2. The predicted octanol–water partition coefficient (Wildman–Crippen LogP) is 5.56.